The Bertz CT molecular complexity index is 885. The second kappa shape index (κ2) is 7.81. The summed E-state index contributed by atoms with van der Waals surface area (Å²) < 4.78 is 33.6. The van der Waals surface area contributed by atoms with Crippen molar-refractivity contribution in [3.63, 3.8) is 0 Å². The van der Waals surface area contributed by atoms with Crippen molar-refractivity contribution < 1.29 is 17.9 Å². The van der Waals surface area contributed by atoms with Crippen molar-refractivity contribution in [1.29, 1.82) is 0 Å². The topological polar surface area (TPSA) is 81.5 Å². The first-order chi connectivity index (χ1) is 12.4. The first-order valence-corrected chi connectivity index (χ1v) is 10.8. The molecule has 7 nitrogen and oxygen atoms in total. The van der Waals surface area contributed by atoms with Gasteiger partial charge in [0.25, 0.3) is 10.0 Å². The molecule has 0 spiro atoms. The molecule has 0 amide bonds. The maximum atomic E-state index is 13.0. The Kier molecular flexibility index (Phi) is 5.69. The molecule has 1 aliphatic rings. The zero-order chi connectivity index (χ0) is 18.7. The van der Waals surface area contributed by atoms with Crippen LogP contribution in [0.4, 0.5) is 0 Å². The van der Waals surface area contributed by atoms with Gasteiger partial charge in [0.2, 0.25) is 5.03 Å². The van der Waals surface area contributed by atoms with Crippen LogP contribution in [0.5, 0.6) is 0 Å². The molecule has 0 saturated carbocycles. The molecule has 0 radical (unpaired) electrons. The molecule has 1 fully saturated rings. The van der Waals surface area contributed by atoms with E-state index in [0.717, 1.165) is 22.6 Å². The van der Waals surface area contributed by atoms with Gasteiger partial charge in [0.1, 0.15) is 5.56 Å². The van der Waals surface area contributed by atoms with Crippen molar-refractivity contribution in [3.05, 3.63) is 47.2 Å². The number of benzene rings is 1. The van der Waals surface area contributed by atoms with Crippen LogP contribution in [0.3, 0.4) is 0 Å². The van der Waals surface area contributed by atoms with Gasteiger partial charge in [0, 0.05) is 30.8 Å². The number of rotatable bonds is 5. The van der Waals surface area contributed by atoms with Crippen molar-refractivity contribution in [1.82, 2.24) is 14.1 Å². The fraction of sp³-hybridized carbons (Fsp3) is 0.412. The van der Waals surface area contributed by atoms with Crippen molar-refractivity contribution in [2.75, 3.05) is 31.7 Å². The van der Waals surface area contributed by atoms with Crippen LogP contribution < -0.4 is 0 Å². The van der Waals surface area contributed by atoms with E-state index in [0.29, 0.717) is 19.6 Å². The number of hydrogen-bond acceptors (Lipinski definition) is 6. The molecule has 2 heterocycles. The number of aromatic nitrogens is 2. The van der Waals surface area contributed by atoms with Crippen LogP contribution in [0.1, 0.15) is 21.5 Å². The highest BCUT2D eigenvalue weighted by atomic mass is 32.2. The SMILES string of the molecule is COC(=O)c1cn(Cc2ccc(C)cc2)nc1S(=O)(=O)N1CCSCC1. The molecule has 1 aliphatic heterocycles. The second-order valence-corrected chi connectivity index (χ2v) is 9.12. The molecule has 140 valence electrons. The lowest BCUT2D eigenvalue weighted by molar-refractivity contribution is 0.0596. The van der Waals surface area contributed by atoms with E-state index in [1.807, 2.05) is 31.2 Å². The minimum absolute atomic E-state index is 0.0298. The predicted octanol–water partition coefficient (Wildman–Crippen LogP) is 1.76. The summed E-state index contributed by atoms with van der Waals surface area (Å²) in [5.41, 5.74) is 2.07. The van der Waals surface area contributed by atoms with E-state index in [-0.39, 0.29) is 10.6 Å². The van der Waals surface area contributed by atoms with Crippen molar-refractivity contribution in [3.8, 4) is 0 Å². The third-order valence-electron chi connectivity index (χ3n) is 4.15. The van der Waals surface area contributed by atoms with Crippen LogP contribution in [0.15, 0.2) is 35.5 Å². The first-order valence-electron chi connectivity index (χ1n) is 8.21. The zero-order valence-corrected chi connectivity index (χ0v) is 16.3. The van der Waals surface area contributed by atoms with Gasteiger partial charge in [-0.15, -0.1) is 0 Å². The maximum absolute atomic E-state index is 13.0. The molecular weight excluding hydrogens is 374 g/mol. The molecule has 1 aromatic heterocycles. The third-order valence-corrected chi connectivity index (χ3v) is 6.93. The molecule has 0 N–H and O–H groups in total. The highest BCUT2D eigenvalue weighted by Gasteiger charge is 2.34. The largest absolute Gasteiger partial charge is 0.465 e. The number of esters is 1. The van der Waals surface area contributed by atoms with Gasteiger partial charge >= 0.3 is 5.97 Å². The van der Waals surface area contributed by atoms with Crippen LogP contribution in [-0.2, 0) is 21.3 Å². The van der Waals surface area contributed by atoms with E-state index in [4.69, 9.17) is 4.74 Å². The number of ether oxygens (including phenoxy) is 1. The normalized spacial score (nSPS) is 15.8. The minimum atomic E-state index is -3.84. The summed E-state index contributed by atoms with van der Waals surface area (Å²) >= 11 is 1.71. The molecule has 1 aromatic carbocycles. The Hall–Kier alpha value is -1.84. The second-order valence-electron chi connectivity index (χ2n) is 6.04. The summed E-state index contributed by atoms with van der Waals surface area (Å²) in [4.78, 5) is 12.1. The lowest BCUT2D eigenvalue weighted by atomic mass is 10.1. The Labute approximate surface area is 157 Å². The smallest absolute Gasteiger partial charge is 0.342 e. The summed E-state index contributed by atoms with van der Waals surface area (Å²) in [6.45, 7) is 3.20. The monoisotopic (exact) mass is 395 g/mol. The number of aryl methyl sites for hydroxylation is 1. The molecule has 0 aliphatic carbocycles. The molecule has 0 bridgehead atoms. The Morgan fingerprint density at radius 3 is 2.50 bits per heavy atom. The number of carbonyl (C=O) groups is 1. The van der Waals surface area contributed by atoms with Crippen molar-refractivity contribution in [2.24, 2.45) is 0 Å². The van der Waals surface area contributed by atoms with Crippen LogP contribution >= 0.6 is 11.8 Å². The Balaban J connectivity index is 1.96. The van der Waals surface area contributed by atoms with Gasteiger partial charge < -0.3 is 4.74 Å². The summed E-state index contributed by atoms with van der Waals surface area (Å²) in [5, 5.41) is 3.99. The van der Waals surface area contributed by atoms with Crippen LogP contribution in [0.2, 0.25) is 0 Å². The summed E-state index contributed by atoms with van der Waals surface area (Å²) in [5.74, 6) is 0.762. The summed E-state index contributed by atoms with van der Waals surface area (Å²) in [6, 6.07) is 7.85. The van der Waals surface area contributed by atoms with Gasteiger partial charge in [-0.05, 0) is 12.5 Å². The average molecular weight is 396 g/mol. The van der Waals surface area contributed by atoms with Crippen molar-refractivity contribution >= 4 is 27.8 Å². The van der Waals surface area contributed by atoms with E-state index in [9.17, 15) is 13.2 Å². The van der Waals surface area contributed by atoms with Gasteiger partial charge in [0.05, 0.1) is 13.7 Å². The van der Waals surface area contributed by atoms with Gasteiger partial charge in [-0.25, -0.2) is 13.2 Å². The predicted molar refractivity (Wildman–Crippen MR) is 99.9 cm³/mol. The number of carbonyl (C=O) groups excluding carboxylic acids is 1. The van der Waals surface area contributed by atoms with E-state index in [1.165, 1.54) is 22.3 Å². The van der Waals surface area contributed by atoms with E-state index in [2.05, 4.69) is 5.10 Å². The zero-order valence-electron chi connectivity index (χ0n) is 14.7. The number of thioether (sulfide) groups is 1. The molecule has 1 saturated heterocycles. The molecule has 0 unspecified atom stereocenters. The quantitative estimate of drug-likeness (QED) is 0.718. The van der Waals surface area contributed by atoms with Crippen LogP contribution in [0.25, 0.3) is 0 Å². The number of methoxy groups -OCH3 is 1. The molecule has 9 heteroatoms. The van der Waals surface area contributed by atoms with E-state index >= 15 is 0 Å². The lowest BCUT2D eigenvalue weighted by Gasteiger charge is -2.24. The standard InChI is InChI=1S/C17H21N3O4S2/c1-13-3-5-14(6-4-13)11-19-12-15(17(21)24-2)16(18-19)26(22,23)20-7-9-25-10-8-20/h3-6,12H,7-11H2,1-2H3. The average Bonchev–Trinajstić information content (AvgIpc) is 3.08. The Morgan fingerprint density at radius 1 is 1.23 bits per heavy atom. The minimum Gasteiger partial charge on any atom is -0.465 e. The van der Waals surface area contributed by atoms with E-state index < -0.39 is 16.0 Å². The summed E-state index contributed by atoms with van der Waals surface area (Å²) in [7, 11) is -2.61. The summed E-state index contributed by atoms with van der Waals surface area (Å²) in [6.07, 6.45) is 1.44. The lowest BCUT2D eigenvalue weighted by Crippen LogP contribution is -2.38. The number of hydrogen-bond donors (Lipinski definition) is 0. The third kappa shape index (κ3) is 3.94. The molecule has 3 rings (SSSR count). The van der Waals surface area contributed by atoms with Gasteiger partial charge in [-0.2, -0.15) is 21.2 Å². The molecule has 0 atom stereocenters. The number of sulfonamides is 1. The molecule has 2 aromatic rings. The number of nitrogens with zero attached hydrogens (tertiary/aromatic N) is 3. The fourth-order valence-electron chi connectivity index (χ4n) is 2.71. The molecule has 26 heavy (non-hydrogen) atoms. The van der Waals surface area contributed by atoms with E-state index in [1.54, 1.807) is 11.8 Å². The van der Waals surface area contributed by atoms with Crippen LogP contribution in [-0.4, -0.2) is 60.2 Å². The highest BCUT2D eigenvalue weighted by molar-refractivity contribution is 7.99. The highest BCUT2D eigenvalue weighted by Crippen LogP contribution is 2.23. The van der Waals surface area contributed by atoms with Crippen molar-refractivity contribution in [2.45, 2.75) is 18.5 Å². The fourth-order valence-corrected chi connectivity index (χ4v) is 5.38. The first kappa shape index (κ1) is 18.9. The van der Waals surface area contributed by atoms with Gasteiger partial charge in [-0.1, -0.05) is 29.8 Å². The maximum Gasteiger partial charge on any atom is 0.342 e. The van der Waals surface area contributed by atoms with Gasteiger partial charge in [0.15, 0.2) is 0 Å². The molecular formula is C17H21N3O4S2. The van der Waals surface area contributed by atoms with Gasteiger partial charge in [-0.3, -0.25) is 4.68 Å². The Morgan fingerprint density at radius 2 is 1.88 bits per heavy atom. The van der Waals surface area contributed by atoms with Crippen LogP contribution in [0, 0.1) is 6.92 Å².